The fourth-order valence-electron chi connectivity index (χ4n) is 2.53. The van der Waals surface area contributed by atoms with E-state index in [1.54, 1.807) is 55.5 Å². The maximum Gasteiger partial charge on any atom is 0.321 e. The van der Waals surface area contributed by atoms with Gasteiger partial charge in [0.25, 0.3) is 0 Å². The Morgan fingerprint density at radius 3 is 1.62 bits per heavy atom. The van der Waals surface area contributed by atoms with Crippen molar-refractivity contribution in [1.82, 2.24) is 0 Å². The number of Topliss-reactive ketones (excluding diaryl/α,β-unsaturated/α-hetero) is 1. The average Bonchev–Trinajstić information content (AvgIpc) is 2.69. The van der Waals surface area contributed by atoms with Crippen molar-refractivity contribution < 1.29 is 14.3 Å². The molecule has 0 unspecified atom stereocenters. The van der Waals surface area contributed by atoms with Crippen molar-refractivity contribution in [2.75, 3.05) is 6.61 Å². The van der Waals surface area contributed by atoms with Gasteiger partial charge in [-0.2, -0.15) is 0 Å². The van der Waals surface area contributed by atoms with Gasteiger partial charge in [-0.3, -0.25) is 9.59 Å². The topological polar surface area (TPSA) is 43.4 Å². The summed E-state index contributed by atoms with van der Waals surface area (Å²) < 4.78 is 5.18. The Bertz CT molecular complexity index is 919. The number of benzene rings is 2. The van der Waals surface area contributed by atoms with E-state index in [0.717, 1.165) is 11.1 Å². The van der Waals surface area contributed by atoms with E-state index >= 15 is 0 Å². The minimum Gasteiger partial charge on any atom is -0.465 e. The normalized spacial score (nSPS) is 10.2. The number of hydrogen-bond donors (Lipinski definition) is 0. The summed E-state index contributed by atoms with van der Waals surface area (Å²) in [6.45, 7) is 3.23. The van der Waals surface area contributed by atoms with Gasteiger partial charge >= 0.3 is 5.97 Å². The molecule has 0 saturated heterocycles. The van der Waals surface area contributed by atoms with Gasteiger partial charge in [-0.25, -0.2) is 0 Å². The highest BCUT2D eigenvalue weighted by atomic mass is 35.5. The summed E-state index contributed by atoms with van der Waals surface area (Å²) in [4.78, 5) is 25.2. The van der Waals surface area contributed by atoms with E-state index in [1.807, 2.05) is 0 Å². The van der Waals surface area contributed by atoms with E-state index in [4.69, 9.17) is 27.9 Å². The zero-order valence-corrected chi connectivity index (χ0v) is 17.7. The Balaban J connectivity index is 2.30. The van der Waals surface area contributed by atoms with Crippen LogP contribution >= 0.6 is 23.2 Å². The van der Waals surface area contributed by atoms with E-state index in [1.165, 1.54) is 6.92 Å². The average molecular weight is 427 g/mol. The second kappa shape index (κ2) is 10.7. The molecule has 0 amide bonds. The number of hydrogen-bond acceptors (Lipinski definition) is 3. The number of carbonyl (C=O) groups excluding carboxylic acids is 2. The molecule has 0 spiro atoms. The Morgan fingerprint density at radius 2 is 1.28 bits per heavy atom. The van der Waals surface area contributed by atoms with Crippen molar-refractivity contribution in [1.29, 1.82) is 0 Å². The fraction of sp³-hybridized carbons (Fsp3) is 0.250. The summed E-state index contributed by atoms with van der Waals surface area (Å²) in [6.07, 6.45) is 0.0260. The second-order valence-electron chi connectivity index (χ2n) is 6.33. The molecule has 2 aromatic carbocycles. The number of ketones is 1. The lowest BCUT2D eigenvalue weighted by Gasteiger charge is -2.24. The van der Waals surface area contributed by atoms with E-state index in [2.05, 4.69) is 23.7 Å². The Labute approximate surface area is 181 Å². The van der Waals surface area contributed by atoms with Crippen LogP contribution in [-0.4, -0.2) is 18.4 Å². The molecule has 0 radical (unpaired) electrons. The summed E-state index contributed by atoms with van der Waals surface area (Å²) in [5.41, 5.74) is 0.0420. The molecule has 0 bridgehead atoms. The third kappa shape index (κ3) is 6.40. The van der Waals surface area contributed by atoms with Crippen LogP contribution in [0, 0.1) is 29.1 Å². The smallest absolute Gasteiger partial charge is 0.321 e. The van der Waals surface area contributed by atoms with Gasteiger partial charge in [0.2, 0.25) is 0 Å². The van der Waals surface area contributed by atoms with E-state index < -0.39 is 11.4 Å². The lowest BCUT2D eigenvalue weighted by atomic mass is 9.78. The molecule has 0 atom stereocenters. The van der Waals surface area contributed by atoms with Crippen LogP contribution in [0.5, 0.6) is 0 Å². The molecule has 0 aliphatic heterocycles. The van der Waals surface area contributed by atoms with Crippen molar-refractivity contribution in [3.8, 4) is 23.7 Å². The first-order valence-corrected chi connectivity index (χ1v) is 9.80. The Morgan fingerprint density at radius 1 is 0.862 bits per heavy atom. The maximum absolute atomic E-state index is 12.7. The van der Waals surface area contributed by atoms with Gasteiger partial charge in [-0.1, -0.05) is 46.9 Å². The van der Waals surface area contributed by atoms with Crippen LogP contribution in [0.2, 0.25) is 10.0 Å². The number of carbonyl (C=O) groups is 2. The third-order valence-electron chi connectivity index (χ3n) is 4.27. The van der Waals surface area contributed by atoms with Crippen LogP contribution < -0.4 is 0 Å². The van der Waals surface area contributed by atoms with E-state index in [9.17, 15) is 9.59 Å². The first kappa shape index (κ1) is 22.6. The van der Waals surface area contributed by atoms with Gasteiger partial charge in [0.05, 0.1) is 6.61 Å². The molecule has 0 N–H and O–H groups in total. The van der Waals surface area contributed by atoms with E-state index in [-0.39, 0.29) is 25.2 Å². The van der Waals surface area contributed by atoms with Gasteiger partial charge in [-0.15, -0.1) is 0 Å². The zero-order chi connectivity index (χ0) is 21.3. The molecule has 0 saturated carbocycles. The first-order valence-electron chi connectivity index (χ1n) is 9.04. The maximum atomic E-state index is 12.7. The summed E-state index contributed by atoms with van der Waals surface area (Å²) in [6, 6.07) is 14.0. The molecule has 148 valence electrons. The number of esters is 1. The van der Waals surface area contributed by atoms with Crippen molar-refractivity contribution in [2.24, 2.45) is 5.41 Å². The summed E-state index contributed by atoms with van der Waals surface area (Å²) >= 11 is 11.8. The molecule has 5 heteroatoms. The third-order valence-corrected chi connectivity index (χ3v) is 4.78. The fourth-order valence-corrected chi connectivity index (χ4v) is 2.78. The molecule has 0 heterocycles. The molecule has 3 nitrogen and oxygen atoms in total. The number of ether oxygens (including phenoxy) is 1. The quantitative estimate of drug-likeness (QED) is 0.369. The lowest BCUT2D eigenvalue weighted by molar-refractivity contribution is -0.159. The minimum absolute atomic E-state index is 0.0130. The molecule has 0 fully saturated rings. The van der Waals surface area contributed by atoms with Crippen LogP contribution in [-0.2, 0) is 14.3 Å². The number of rotatable bonds is 5. The zero-order valence-electron chi connectivity index (χ0n) is 16.2. The predicted octanol–water partition coefficient (Wildman–Crippen LogP) is 5.32. The van der Waals surface area contributed by atoms with Gasteiger partial charge in [0.1, 0.15) is 11.2 Å². The van der Waals surface area contributed by atoms with Crippen molar-refractivity contribution in [3.05, 3.63) is 69.7 Å². The van der Waals surface area contributed by atoms with Crippen LogP contribution in [0.1, 0.15) is 37.8 Å². The summed E-state index contributed by atoms with van der Waals surface area (Å²) in [5, 5.41) is 1.22. The monoisotopic (exact) mass is 426 g/mol. The van der Waals surface area contributed by atoms with Gasteiger partial charge in [0.15, 0.2) is 0 Å². The first-order chi connectivity index (χ1) is 13.9. The summed E-state index contributed by atoms with van der Waals surface area (Å²) in [5.74, 6) is 10.9. The Hall–Kier alpha value is -2.72. The molecule has 2 aromatic rings. The van der Waals surface area contributed by atoms with Crippen molar-refractivity contribution in [3.63, 3.8) is 0 Å². The molecule has 0 aromatic heterocycles. The molecular weight excluding hydrogens is 407 g/mol. The molecule has 29 heavy (non-hydrogen) atoms. The molecule has 0 aliphatic rings. The van der Waals surface area contributed by atoms with Crippen LogP contribution in [0.25, 0.3) is 0 Å². The number of halogens is 2. The van der Waals surface area contributed by atoms with Crippen LogP contribution in [0.3, 0.4) is 0 Å². The molecule has 0 aliphatic carbocycles. The largest absolute Gasteiger partial charge is 0.465 e. The predicted molar refractivity (Wildman–Crippen MR) is 116 cm³/mol. The molecular formula is C24H20Cl2O3. The lowest BCUT2D eigenvalue weighted by Crippen LogP contribution is -2.39. The Kier molecular flexibility index (Phi) is 8.34. The van der Waals surface area contributed by atoms with Crippen LogP contribution in [0.15, 0.2) is 48.5 Å². The van der Waals surface area contributed by atoms with Crippen molar-refractivity contribution in [2.45, 2.75) is 26.7 Å². The molecule has 2 rings (SSSR count). The SMILES string of the molecule is CCOC(=O)C(CC#Cc1ccc(Cl)cc1)(CC#Cc1ccc(Cl)cc1)C(C)=O. The second-order valence-corrected chi connectivity index (χ2v) is 7.20. The standard InChI is InChI=1S/C24H20Cl2O3/c1-3-29-23(28)24(18(2)27,16-4-6-19-8-12-21(25)13-9-19)17-5-7-20-10-14-22(26)15-11-20/h8-15H,3,16-17H2,1-2H3. The van der Waals surface area contributed by atoms with E-state index in [0.29, 0.717) is 10.0 Å². The van der Waals surface area contributed by atoms with Gasteiger partial charge in [-0.05, 0) is 62.4 Å². The summed E-state index contributed by atoms with van der Waals surface area (Å²) in [7, 11) is 0. The highest BCUT2D eigenvalue weighted by Crippen LogP contribution is 2.29. The van der Waals surface area contributed by atoms with Gasteiger partial charge in [0, 0.05) is 34.0 Å². The van der Waals surface area contributed by atoms with Crippen molar-refractivity contribution >= 4 is 35.0 Å². The highest BCUT2D eigenvalue weighted by molar-refractivity contribution is 6.30. The van der Waals surface area contributed by atoms with Gasteiger partial charge < -0.3 is 4.74 Å². The minimum atomic E-state index is -1.44. The highest BCUT2D eigenvalue weighted by Gasteiger charge is 2.43. The van der Waals surface area contributed by atoms with Crippen LogP contribution in [0.4, 0.5) is 0 Å².